The normalized spacial score (nSPS) is 9.55. The van der Waals surface area contributed by atoms with Crippen LogP contribution in [0.15, 0.2) is 11.1 Å². The van der Waals surface area contributed by atoms with Crippen LogP contribution in [-0.4, -0.2) is 16.2 Å². The Morgan fingerprint density at radius 1 is 1.82 bits per heavy atom. The lowest BCUT2D eigenvalue weighted by Gasteiger charge is -1.85. The van der Waals surface area contributed by atoms with Crippen molar-refractivity contribution in [2.24, 2.45) is 0 Å². The molecule has 1 N–H and O–H groups in total. The lowest BCUT2D eigenvalue weighted by Crippen LogP contribution is -1.98. The van der Waals surface area contributed by atoms with E-state index in [-0.39, 0.29) is 5.69 Å². The van der Waals surface area contributed by atoms with E-state index in [9.17, 15) is 4.79 Å². The first kappa shape index (κ1) is 7.53. The quantitative estimate of drug-likeness (QED) is 0.696. The van der Waals surface area contributed by atoms with Crippen molar-refractivity contribution in [3.63, 3.8) is 0 Å². The summed E-state index contributed by atoms with van der Waals surface area (Å²) in [6.07, 6.45) is 1.43. The molecule has 0 amide bonds. The minimum absolute atomic E-state index is 0.0556. The van der Waals surface area contributed by atoms with E-state index in [1.54, 1.807) is 6.92 Å². The zero-order valence-electron chi connectivity index (χ0n) is 6.00. The fourth-order valence-corrected chi connectivity index (χ4v) is 0.738. The summed E-state index contributed by atoms with van der Waals surface area (Å²) >= 11 is 0. The van der Waals surface area contributed by atoms with Crippen LogP contribution in [0, 0.1) is 6.92 Å². The van der Waals surface area contributed by atoms with Gasteiger partial charge in [0, 0.05) is 5.56 Å². The molecule has 0 aliphatic heterocycles. The Hall–Kier alpha value is -1.58. The molecular formula is C7H7NO3. The molecule has 4 heteroatoms. The highest BCUT2D eigenvalue weighted by Crippen LogP contribution is 2.13. The zero-order valence-corrected chi connectivity index (χ0v) is 6.00. The molecule has 0 fully saturated rings. The molecule has 0 bridgehead atoms. The SMILES string of the molecule is C=Cc1onc(C(=O)O)c1C. The average Bonchev–Trinajstić information content (AvgIpc) is 2.30. The van der Waals surface area contributed by atoms with Gasteiger partial charge in [-0.05, 0) is 13.0 Å². The minimum Gasteiger partial charge on any atom is -0.476 e. The van der Waals surface area contributed by atoms with Gasteiger partial charge in [-0.15, -0.1) is 0 Å². The molecule has 0 atom stereocenters. The number of hydrogen-bond acceptors (Lipinski definition) is 3. The summed E-state index contributed by atoms with van der Waals surface area (Å²) in [7, 11) is 0. The van der Waals surface area contributed by atoms with E-state index in [1.807, 2.05) is 0 Å². The van der Waals surface area contributed by atoms with E-state index < -0.39 is 5.97 Å². The van der Waals surface area contributed by atoms with Crippen LogP contribution in [-0.2, 0) is 0 Å². The number of aromatic carboxylic acids is 1. The summed E-state index contributed by atoms with van der Waals surface area (Å²) in [5.41, 5.74) is 0.451. The molecule has 1 aromatic rings. The lowest BCUT2D eigenvalue weighted by atomic mass is 10.2. The van der Waals surface area contributed by atoms with Gasteiger partial charge in [-0.25, -0.2) is 4.79 Å². The molecule has 0 radical (unpaired) electrons. The molecule has 11 heavy (non-hydrogen) atoms. The van der Waals surface area contributed by atoms with Gasteiger partial charge in [0.05, 0.1) is 0 Å². The average molecular weight is 153 g/mol. The predicted molar refractivity (Wildman–Crippen MR) is 38.3 cm³/mol. The van der Waals surface area contributed by atoms with Gasteiger partial charge >= 0.3 is 5.97 Å². The fourth-order valence-electron chi connectivity index (χ4n) is 0.738. The summed E-state index contributed by atoms with van der Waals surface area (Å²) in [6, 6.07) is 0. The van der Waals surface area contributed by atoms with Crippen molar-refractivity contribution >= 4 is 12.0 Å². The molecule has 0 aliphatic carbocycles. The highest BCUT2D eigenvalue weighted by molar-refractivity contribution is 5.87. The highest BCUT2D eigenvalue weighted by Gasteiger charge is 2.14. The first-order valence-corrected chi connectivity index (χ1v) is 2.98. The Kier molecular flexibility index (Phi) is 1.76. The van der Waals surface area contributed by atoms with Gasteiger partial charge in [0.1, 0.15) is 0 Å². The third-order valence-electron chi connectivity index (χ3n) is 1.35. The van der Waals surface area contributed by atoms with Crippen molar-refractivity contribution in [2.75, 3.05) is 0 Å². The molecule has 0 saturated carbocycles. The summed E-state index contributed by atoms with van der Waals surface area (Å²) in [5, 5.41) is 11.9. The number of nitrogens with zero attached hydrogens (tertiary/aromatic N) is 1. The number of hydrogen-bond donors (Lipinski definition) is 1. The van der Waals surface area contributed by atoms with Gasteiger partial charge in [0.25, 0.3) is 0 Å². The van der Waals surface area contributed by atoms with Crippen LogP contribution in [0.1, 0.15) is 21.8 Å². The van der Waals surface area contributed by atoms with E-state index in [1.165, 1.54) is 6.08 Å². The van der Waals surface area contributed by atoms with Gasteiger partial charge in [0.2, 0.25) is 0 Å². The lowest BCUT2D eigenvalue weighted by molar-refractivity contribution is 0.0685. The van der Waals surface area contributed by atoms with Crippen molar-refractivity contribution in [3.05, 3.63) is 23.6 Å². The molecular weight excluding hydrogens is 146 g/mol. The van der Waals surface area contributed by atoms with Crippen LogP contribution < -0.4 is 0 Å². The van der Waals surface area contributed by atoms with Crippen LogP contribution in [0.25, 0.3) is 6.08 Å². The summed E-state index contributed by atoms with van der Waals surface area (Å²) in [6.45, 7) is 5.06. The Morgan fingerprint density at radius 2 is 2.45 bits per heavy atom. The van der Waals surface area contributed by atoms with E-state index >= 15 is 0 Å². The predicted octanol–water partition coefficient (Wildman–Crippen LogP) is 1.32. The topological polar surface area (TPSA) is 63.3 Å². The Morgan fingerprint density at radius 3 is 2.73 bits per heavy atom. The Balaban J connectivity index is 3.20. The molecule has 1 rings (SSSR count). The Bertz CT molecular complexity index is 301. The molecule has 1 aromatic heterocycles. The second kappa shape index (κ2) is 2.57. The summed E-state index contributed by atoms with van der Waals surface area (Å²) < 4.78 is 4.66. The number of rotatable bonds is 2. The van der Waals surface area contributed by atoms with Crippen molar-refractivity contribution in [3.8, 4) is 0 Å². The number of carbonyl (C=O) groups is 1. The second-order valence-electron chi connectivity index (χ2n) is 2.03. The van der Waals surface area contributed by atoms with Crippen molar-refractivity contribution in [1.29, 1.82) is 0 Å². The number of carboxylic acids is 1. The van der Waals surface area contributed by atoms with Gasteiger partial charge in [-0.2, -0.15) is 0 Å². The van der Waals surface area contributed by atoms with Gasteiger partial charge in [-0.3, -0.25) is 0 Å². The molecule has 4 nitrogen and oxygen atoms in total. The van der Waals surface area contributed by atoms with Crippen molar-refractivity contribution in [1.82, 2.24) is 5.16 Å². The van der Waals surface area contributed by atoms with Crippen LogP contribution in [0.4, 0.5) is 0 Å². The maximum absolute atomic E-state index is 10.4. The van der Waals surface area contributed by atoms with E-state index in [4.69, 9.17) is 5.11 Å². The molecule has 1 heterocycles. The largest absolute Gasteiger partial charge is 0.476 e. The molecule has 0 unspecified atom stereocenters. The molecule has 0 aliphatic rings. The second-order valence-corrected chi connectivity index (χ2v) is 2.03. The minimum atomic E-state index is -1.08. The fraction of sp³-hybridized carbons (Fsp3) is 0.143. The van der Waals surface area contributed by atoms with Crippen molar-refractivity contribution in [2.45, 2.75) is 6.92 Å². The van der Waals surface area contributed by atoms with Gasteiger partial charge in [0.15, 0.2) is 11.5 Å². The first-order valence-electron chi connectivity index (χ1n) is 2.98. The standard InChI is InChI=1S/C7H7NO3/c1-3-5-4(2)6(7(9)10)8-11-5/h3H,1H2,2H3,(H,9,10). The zero-order chi connectivity index (χ0) is 8.43. The van der Waals surface area contributed by atoms with E-state index in [0.717, 1.165) is 0 Å². The number of aromatic nitrogens is 1. The molecule has 0 saturated heterocycles. The summed E-state index contributed by atoms with van der Waals surface area (Å²) in [5.74, 6) is -0.679. The Labute approximate surface area is 63.1 Å². The van der Waals surface area contributed by atoms with Crippen LogP contribution in [0.5, 0.6) is 0 Å². The third-order valence-corrected chi connectivity index (χ3v) is 1.35. The highest BCUT2D eigenvalue weighted by atomic mass is 16.5. The maximum Gasteiger partial charge on any atom is 0.358 e. The smallest absolute Gasteiger partial charge is 0.358 e. The van der Waals surface area contributed by atoms with E-state index in [0.29, 0.717) is 11.3 Å². The summed E-state index contributed by atoms with van der Waals surface area (Å²) in [4.78, 5) is 10.4. The molecule has 58 valence electrons. The van der Waals surface area contributed by atoms with Crippen LogP contribution in [0.3, 0.4) is 0 Å². The van der Waals surface area contributed by atoms with Crippen LogP contribution in [0.2, 0.25) is 0 Å². The monoisotopic (exact) mass is 153 g/mol. The number of carboxylic acid groups (broad SMARTS) is 1. The maximum atomic E-state index is 10.4. The first-order chi connectivity index (χ1) is 5.16. The molecule has 0 aromatic carbocycles. The van der Waals surface area contributed by atoms with Crippen molar-refractivity contribution < 1.29 is 14.4 Å². The van der Waals surface area contributed by atoms with E-state index in [2.05, 4.69) is 16.3 Å². The molecule has 0 spiro atoms. The van der Waals surface area contributed by atoms with Gasteiger partial charge < -0.3 is 9.63 Å². The van der Waals surface area contributed by atoms with Gasteiger partial charge in [-0.1, -0.05) is 11.7 Å². The van der Waals surface area contributed by atoms with Crippen LogP contribution >= 0.6 is 0 Å². The third kappa shape index (κ3) is 1.14.